The first-order valence-corrected chi connectivity index (χ1v) is 7.31. The number of nitrogens with zero attached hydrogens (tertiary/aromatic N) is 1. The zero-order valence-corrected chi connectivity index (χ0v) is 13.5. The normalized spacial score (nSPS) is 14.3. The van der Waals surface area contributed by atoms with Crippen molar-refractivity contribution in [3.05, 3.63) is 27.1 Å². The lowest BCUT2D eigenvalue weighted by molar-refractivity contribution is -0.380. The maximum absolute atomic E-state index is 11.7. The standard InChI is InChI=1S/C13H21N3O4S/c1-12(2,3)20-11(17)15-8-13(4,7-14)9-5-6-10(21-9)16(18)19/h5-6H,7-8,14H2,1-4H3,(H,15,17). The van der Waals surface area contributed by atoms with E-state index in [2.05, 4.69) is 5.32 Å². The number of carbonyl (C=O) groups excluding carboxylic acids is 1. The molecule has 0 bridgehead atoms. The highest BCUT2D eigenvalue weighted by Crippen LogP contribution is 2.33. The Bertz CT molecular complexity index is 524. The lowest BCUT2D eigenvalue weighted by Crippen LogP contribution is -2.44. The molecule has 8 heteroatoms. The number of amides is 1. The molecule has 0 radical (unpaired) electrons. The highest BCUT2D eigenvalue weighted by Gasteiger charge is 2.30. The summed E-state index contributed by atoms with van der Waals surface area (Å²) in [7, 11) is 0. The van der Waals surface area contributed by atoms with E-state index >= 15 is 0 Å². The minimum atomic E-state index is -0.578. The van der Waals surface area contributed by atoms with Gasteiger partial charge in [-0.05, 0) is 26.8 Å². The van der Waals surface area contributed by atoms with Crippen LogP contribution in [0.25, 0.3) is 0 Å². The average Bonchev–Trinajstić information content (AvgIpc) is 2.84. The highest BCUT2D eigenvalue weighted by atomic mass is 32.1. The number of hydrogen-bond acceptors (Lipinski definition) is 6. The van der Waals surface area contributed by atoms with Crippen LogP contribution in [0.5, 0.6) is 0 Å². The fourth-order valence-electron chi connectivity index (χ4n) is 1.59. The molecule has 1 amide bonds. The predicted molar refractivity (Wildman–Crippen MR) is 81.6 cm³/mol. The fourth-order valence-corrected chi connectivity index (χ4v) is 2.57. The summed E-state index contributed by atoms with van der Waals surface area (Å²) in [6, 6.07) is 3.12. The number of thiophene rings is 1. The second-order valence-corrected chi connectivity index (χ2v) is 7.08. The van der Waals surface area contributed by atoms with E-state index in [4.69, 9.17) is 10.5 Å². The van der Waals surface area contributed by atoms with Crippen LogP contribution >= 0.6 is 11.3 Å². The first-order valence-electron chi connectivity index (χ1n) is 6.49. The van der Waals surface area contributed by atoms with Crippen LogP contribution in [0, 0.1) is 10.1 Å². The molecule has 0 aliphatic heterocycles. The second-order valence-electron chi connectivity index (χ2n) is 6.02. The Morgan fingerprint density at radius 3 is 2.48 bits per heavy atom. The molecule has 21 heavy (non-hydrogen) atoms. The molecule has 7 nitrogen and oxygen atoms in total. The van der Waals surface area contributed by atoms with Crippen molar-refractivity contribution in [1.29, 1.82) is 0 Å². The van der Waals surface area contributed by atoms with Gasteiger partial charge in [0, 0.05) is 29.4 Å². The van der Waals surface area contributed by atoms with E-state index in [0.29, 0.717) is 0 Å². The average molecular weight is 315 g/mol. The lowest BCUT2D eigenvalue weighted by atomic mass is 9.89. The van der Waals surface area contributed by atoms with Crippen LogP contribution in [0.1, 0.15) is 32.6 Å². The second kappa shape index (κ2) is 6.40. The van der Waals surface area contributed by atoms with Crippen molar-refractivity contribution < 1.29 is 14.5 Å². The van der Waals surface area contributed by atoms with Crippen LogP contribution in [0.2, 0.25) is 0 Å². The molecule has 118 valence electrons. The van der Waals surface area contributed by atoms with Crippen molar-refractivity contribution >= 4 is 22.4 Å². The first kappa shape index (κ1) is 17.4. The molecule has 1 atom stereocenters. The summed E-state index contributed by atoms with van der Waals surface area (Å²) >= 11 is 1.07. The van der Waals surface area contributed by atoms with E-state index in [1.165, 1.54) is 6.07 Å². The van der Waals surface area contributed by atoms with Crippen LogP contribution < -0.4 is 11.1 Å². The highest BCUT2D eigenvalue weighted by molar-refractivity contribution is 7.15. The minimum Gasteiger partial charge on any atom is -0.444 e. The molecule has 1 heterocycles. The zero-order chi connectivity index (χ0) is 16.3. The van der Waals surface area contributed by atoms with Gasteiger partial charge in [0.1, 0.15) is 5.60 Å². The number of ether oxygens (including phenoxy) is 1. The van der Waals surface area contributed by atoms with Crippen LogP contribution in [0.15, 0.2) is 12.1 Å². The van der Waals surface area contributed by atoms with Crippen LogP contribution in [0.4, 0.5) is 9.80 Å². The maximum atomic E-state index is 11.7. The molecule has 1 rings (SSSR count). The van der Waals surface area contributed by atoms with Crippen LogP contribution in [-0.2, 0) is 10.2 Å². The Morgan fingerprint density at radius 2 is 2.05 bits per heavy atom. The third-order valence-electron chi connectivity index (χ3n) is 2.84. The van der Waals surface area contributed by atoms with Gasteiger partial charge in [-0.25, -0.2) is 4.79 Å². The first-order chi connectivity index (χ1) is 9.57. The predicted octanol–water partition coefficient (Wildman–Crippen LogP) is 2.40. The van der Waals surface area contributed by atoms with Gasteiger partial charge in [0.05, 0.1) is 4.92 Å². The summed E-state index contributed by atoms with van der Waals surface area (Å²) in [5.41, 5.74) is 4.63. The van der Waals surface area contributed by atoms with Crippen LogP contribution in [0.3, 0.4) is 0 Å². The molecule has 0 fully saturated rings. The lowest BCUT2D eigenvalue weighted by Gasteiger charge is -2.28. The Labute approximate surface area is 127 Å². The summed E-state index contributed by atoms with van der Waals surface area (Å²) < 4.78 is 5.16. The van der Waals surface area contributed by atoms with Gasteiger partial charge in [-0.2, -0.15) is 0 Å². The molecule has 0 aliphatic rings. The topological polar surface area (TPSA) is 107 Å². The fraction of sp³-hybridized carbons (Fsp3) is 0.615. The quantitative estimate of drug-likeness (QED) is 0.641. The summed E-state index contributed by atoms with van der Waals surface area (Å²) in [4.78, 5) is 22.8. The maximum Gasteiger partial charge on any atom is 0.407 e. The summed E-state index contributed by atoms with van der Waals surface area (Å²) in [6.07, 6.45) is -0.534. The molecule has 1 aromatic rings. The summed E-state index contributed by atoms with van der Waals surface area (Å²) in [6.45, 7) is 7.67. The molecule has 0 aliphatic carbocycles. The summed E-state index contributed by atoms with van der Waals surface area (Å²) in [5, 5.41) is 13.5. The van der Waals surface area contributed by atoms with Gasteiger partial charge in [0.2, 0.25) is 0 Å². The smallest absolute Gasteiger partial charge is 0.407 e. The minimum absolute atomic E-state index is 0.0574. The Kier molecular flexibility index (Phi) is 5.30. The van der Waals surface area contributed by atoms with Gasteiger partial charge in [0.25, 0.3) is 0 Å². The number of nitrogens with two attached hydrogens (primary N) is 1. The van der Waals surface area contributed by atoms with E-state index in [-0.39, 0.29) is 18.1 Å². The number of nitro groups is 1. The molecular formula is C13H21N3O4S. The Hall–Kier alpha value is -1.67. The van der Waals surface area contributed by atoms with Crippen molar-refractivity contribution in [2.75, 3.05) is 13.1 Å². The van der Waals surface area contributed by atoms with Crippen molar-refractivity contribution in [2.45, 2.75) is 38.7 Å². The summed E-state index contributed by atoms with van der Waals surface area (Å²) in [5.74, 6) is 0. The molecule has 1 aromatic heterocycles. The molecule has 0 aromatic carbocycles. The van der Waals surface area contributed by atoms with Gasteiger partial charge in [-0.15, -0.1) is 0 Å². The largest absolute Gasteiger partial charge is 0.444 e. The molecule has 0 spiro atoms. The third-order valence-corrected chi connectivity index (χ3v) is 4.18. The van der Waals surface area contributed by atoms with Gasteiger partial charge in [-0.3, -0.25) is 10.1 Å². The number of hydrogen-bond donors (Lipinski definition) is 2. The van der Waals surface area contributed by atoms with E-state index in [0.717, 1.165) is 16.2 Å². The molecule has 3 N–H and O–H groups in total. The SMILES string of the molecule is CC(C)(C)OC(=O)NCC(C)(CN)c1ccc([N+](=O)[O-])s1. The molecule has 0 saturated carbocycles. The monoisotopic (exact) mass is 315 g/mol. The molecule has 1 unspecified atom stereocenters. The third kappa shape index (κ3) is 4.98. The van der Waals surface area contributed by atoms with Gasteiger partial charge in [0.15, 0.2) is 0 Å². The number of rotatable bonds is 5. The van der Waals surface area contributed by atoms with E-state index in [9.17, 15) is 14.9 Å². The van der Waals surface area contributed by atoms with Gasteiger partial charge >= 0.3 is 11.1 Å². The van der Waals surface area contributed by atoms with Crippen LogP contribution in [-0.4, -0.2) is 29.7 Å². The number of alkyl carbamates (subject to hydrolysis) is 1. The van der Waals surface area contributed by atoms with Gasteiger partial charge in [-0.1, -0.05) is 18.3 Å². The van der Waals surface area contributed by atoms with Crippen molar-refractivity contribution in [3.63, 3.8) is 0 Å². The molecular weight excluding hydrogens is 294 g/mol. The number of carbonyl (C=O) groups is 1. The van der Waals surface area contributed by atoms with Gasteiger partial charge < -0.3 is 15.8 Å². The van der Waals surface area contributed by atoms with Crippen molar-refractivity contribution in [2.24, 2.45) is 5.73 Å². The molecule has 0 saturated heterocycles. The van der Waals surface area contributed by atoms with E-state index in [1.54, 1.807) is 26.8 Å². The Balaban J connectivity index is 2.75. The van der Waals surface area contributed by atoms with Crippen molar-refractivity contribution in [3.8, 4) is 0 Å². The number of nitrogens with one attached hydrogen (secondary N) is 1. The van der Waals surface area contributed by atoms with E-state index in [1.807, 2.05) is 6.92 Å². The van der Waals surface area contributed by atoms with Crippen molar-refractivity contribution in [1.82, 2.24) is 5.32 Å². The van der Waals surface area contributed by atoms with E-state index < -0.39 is 22.0 Å². The zero-order valence-electron chi connectivity index (χ0n) is 12.6. The Morgan fingerprint density at radius 1 is 1.43 bits per heavy atom.